The Morgan fingerprint density at radius 3 is 3.00 bits per heavy atom. The molecule has 0 spiro atoms. The predicted octanol–water partition coefficient (Wildman–Crippen LogP) is 2.18. The minimum absolute atomic E-state index is 0.252. The molecule has 0 aliphatic heterocycles. The zero-order valence-electron chi connectivity index (χ0n) is 9.22. The van der Waals surface area contributed by atoms with Gasteiger partial charge in [-0.05, 0) is 12.1 Å². The highest BCUT2D eigenvalue weighted by Gasteiger charge is 2.10. The van der Waals surface area contributed by atoms with Gasteiger partial charge in [0.1, 0.15) is 5.82 Å². The molecular weight excluding hydrogens is 273 g/mol. The third kappa shape index (κ3) is 3.06. The van der Waals surface area contributed by atoms with E-state index in [1.54, 1.807) is 23.6 Å². The highest BCUT2D eigenvalue weighted by molar-refractivity contribution is 7.98. The van der Waals surface area contributed by atoms with Crippen molar-refractivity contribution in [2.75, 3.05) is 0 Å². The molecule has 0 saturated carbocycles. The maximum atomic E-state index is 13.4. The molecule has 0 saturated heterocycles. The van der Waals surface area contributed by atoms with Crippen LogP contribution in [0.1, 0.15) is 15.5 Å². The zero-order valence-corrected chi connectivity index (χ0v) is 10.9. The van der Waals surface area contributed by atoms with Gasteiger partial charge in [-0.3, -0.25) is 10.2 Å². The van der Waals surface area contributed by atoms with E-state index in [1.807, 2.05) is 5.43 Å². The summed E-state index contributed by atoms with van der Waals surface area (Å²) < 4.78 is 13.4. The molecule has 0 fully saturated rings. The number of benzene rings is 1. The number of hydrogen-bond acceptors (Lipinski definition) is 5. The van der Waals surface area contributed by atoms with Crippen LogP contribution in [0.5, 0.6) is 0 Å². The average molecular weight is 283 g/mol. The van der Waals surface area contributed by atoms with Crippen molar-refractivity contribution in [3.8, 4) is 0 Å². The van der Waals surface area contributed by atoms with Crippen LogP contribution in [0.25, 0.3) is 0 Å². The summed E-state index contributed by atoms with van der Waals surface area (Å²) in [5.74, 6) is 4.85. The van der Waals surface area contributed by atoms with Gasteiger partial charge in [-0.1, -0.05) is 12.1 Å². The molecule has 2 rings (SSSR count). The highest BCUT2D eigenvalue weighted by Crippen LogP contribution is 2.25. The standard InChI is InChI=1S/C11H10FN3OS2/c12-8-3-1-2-4-9(8)17-5-7-6-18-11(14-7)10(16)15-13/h1-4,6H,5,13H2,(H,15,16). The second-order valence-electron chi connectivity index (χ2n) is 3.34. The van der Waals surface area contributed by atoms with Gasteiger partial charge in [-0.15, -0.1) is 23.1 Å². The first-order valence-electron chi connectivity index (χ1n) is 5.03. The number of hydrazine groups is 1. The van der Waals surface area contributed by atoms with Crippen molar-refractivity contribution < 1.29 is 9.18 Å². The molecule has 0 atom stereocenters. The van der Waals surface area contributed by atoms with E-state index in [-0.39, 0.29) is 5.82 Å². The summed E-state index contributed by atoms with van der Waals surface area (Å²) in [5.41, 5.74) is 2.75. The van der Waals surface area contributed by atoms with Crippen LogP contribution in [0.15, 0.2) is 34.5 Å². The number of halogens is 1. The third-order valence-electron chi connectivity index (χ3n) is 2.09. The number of nitrogens with zero attached hydrogens (tertiary/aromatic N) is 1. The number of amides is 1. The molecule has 0 aliphatic rings. The molecule has 7 heteroatoms. The first-order valence-corrected chi connectivity index (χ1v) is 6.90. The average Bonchev–Trinajstić information content (AvgIpc) is 2.86. The van der Waals surface area contributed by atoms with Gasteiger partial charge in [0.2, 0.25) is 0 Å². The number of thiazole rings is 1. The zero-order chi connectivity index (χ0) is 13.0. The second-order valence-corrected chi connectivity index (χ2v) is 5.21. The lowest BCUT2D eigenvalue weighted by Crippen LogP contribution is -2.29. The summed E-state index contributed by atoms with van der Waals surface area (Å²) in [6.07, 6.45) is 0. The number of aromatic nitrogens is 1. The van der Waals surface area contributed by atoms with Crippen LogP contribution in [-0.4, -0.2) is 10.9 Å². The Morgan fingerprint density at radius 2 is 2.28 bits per heavy atom. The number of hydrogen-bond donors (Lipinski definition) is 2. The summed E-state index contributed by atoms with van der Waals surface area (Å²) in [6.45, 7) is 0. The van der Waals surface area contributed by atoms with Gasteiger partial charge in [0, 0.05) is 16.0 Å². The van der Waals surface area contributed by atoms with Crippen molar-refractivity contribution >= 4 is 29.0 Å². The Balaban J connectivity index is 2.01. The Labute approximate surface area is 111 Å². The highest BCUT2D eigenvalue weighted by atomic mass is 32.2. The molecule has 0 aliphatic carbocycles. The molecule has 1 aromatic heterocycles. The summed E-state index contributed by atoms with van der Waals surface area (Å²) in [7, 11) is 0. The molecule has 3 N–H and O–H groups in total. The number of carbonyl (C=O) groups excluding carboxylic acids is 1. The number of nitrogen functional groups attached to an aromatic ring is 1. The quantitative estimate of drug-likeness (QED) is 0.390. The van der Waals surface area contributed by atoms with E-state index in [4.69, 9.17) is 5.84 Å². The van der Waals surface area contributed by atoms with E-state index in [1.165, 1.54) is 29.2 Å². The lowest BCUT2D eigenvalue weighted by atomic mass is 10.3. The Bertz CT molecular complexity index is 559. The van der Waals surface area contributed by atoms with Crippen molar-refractivity contribution in [3.05, 3.63) is 46.2 Å². The molecule has 0 radical (unpaired) electrons. The van der Waals surface area contributed by atoms with Gasteiger partial charge >= 0.3 is 0 Å². The van der Waals surface area contributed by atoms with E-state index in [0.717, 1.165) is 5.69 Å². The molecule has 0 bridgehead atoms. The van der Waals surface area contributed by atoms with Crippen LogP contribution in [0.4, 0.5) is 4.39 Å². The molecular formula is C11H10FN3OS2. The fourth-order valence-corrected chi connectivity index (χ4v) is 2.91. The largest absolute Gasteiger partial charge is 0.294 e. The summed E-state index contributed by atoms with van der Waals surface area (Å²) in [5, 5.41) is 2.07. The van der Waals surface area contributed by atoms with E-state index >= 15 is 0 Å². The SMILES string of the molecule is NNC(=O)c1nc(CSc2ccccc2F)cs1. The first-order chi connectivity index (χ1) is 8.70. The summed E-state index contributed by atoms with van der Waals surface area (Å²) in [4.78, 5) is 15.9. The van der Waals surface area contributed by atoms with Crippen LogP contribution >= 0.6 is 23.1 Å². The number of carbonyl (C=O) groups is 1. The van der Waals surface area contributed by atoms with Crippen molar-refractivity contribution in [2.45, 2.75) is 10.6 Å². The first kappa shape index (κ1) is 13.0. The molecule has 4 nitrogen and oxygen atoms in total. The lowest BCUT2D eigenvalue weighted by Gasteiger charge is -2.00. The number of rotatable bonds is 4. The molecule has 1 amide bonds. The van der Waals surface area contributed by atoms with Crippen molar-refractivity contribution in [3.63, 3.8) is 0 Å². The maximum Gasteiger partial charge on any atom is 0.294 e. The predicted molar refractivity (Wildman–Crippen MR) is 69.7 cm³/mol. The summed E-state index contributed by atoms with van der Waals surface area (Å²) in [6, 6.07) is 6.54. The second kappa shape index (κ2) is 5.94. The van der Waals surface area contributed by atoms with Crippen molar-refractivity contribution in [1.29, 1.82) is 0 Å². The van der Waals surface area contributed by atoms with Gasteiger partial charge in [0.15, 0.2) is 5.01 Å². The minimum atomic E-state index is -0.415. The summed E-state index contributed by atoms with van der Waals surface area (Å²) >= 11 is 2.55. The number of thioether (sulfide) groups is 1. The normalized spacial score (nSPS) is 10.3. The van der Waals surface area contributed by atoms with Crippen LogP contribution in [-0.2, 0) is 5.75 Å². The lowest BCUT2D eigenvalue weighted by molar-refractivity contribution is 0.0953. The van der Waals surface area contributed by atoms with Gasteiger partial charge in [-0.2, -0.15) is 0 Å². The maximum absolute atomic E-state index is 13.4. The van der Waals surface area contributed by atoms with Crippen LogP contribution in [0.3, 0.4) is 0 Å². The molecule has 2 aromatic rings. The van der Waals surface area contributed by atoms with Crippen LogP contribution in [0.2, 0.25) is 0 Å². The van der Waals surface area contributed by atoms with Gasteiger partial charge in [0.05, 0.1) is 5.69 Å². The Morgan fingerprint density at radius 1 is 1.50 bits per heavy atom. The van der Waals surface area contributed by atoms with Crippen molar-refractivity contribution in [2.24, 2.45) is 5.84 Å². The van der Waals surface area contributed by atoms with E-state index in [2.05, 4.69) is 4.98 Å². The Kier molecular flexibility index (Phi) is 4.29. The molecule has 18 heavy (non-hydrogen) atoms. The number of nitrogens with two attached hydrogens (primary N) is 1. The fraction of sp³-hybridized carbons (Fsp3) is 0.0909. The Hall–Kier alpha value is -1.44. The smallest absolute Gasteiger partial charge is 0.288 e. The molecule has 1 heterocycles. The van der Waals surface area contributed by atoms with Crippen LogP contribution < -0.4 is 11.3 Å². The van der Waals surface area contributed by atoms with Gasteiger partial charge < -0.3 is 0 Å². The van der Waals surface area contributed by atoms with E-state index in [9.17, 15) is 9.18 Å². The number of nitrogens with one attached hydrogen (secondary N) is 1. The fourth-order valence-electron chi connectivity index (χ4n) is 1.25. The topological polar surface area (TPSA) is 68.0 Å². The molecule has 94 valence electrons. The van der Waals surface area contributed by atoms with Crippen LogP contribution in [0, 0.1) is 5.82 Å². The third-order valence-corrected chi connectivity index (χ3v) is 4.06. The van der Waals surface area contributed by atoms with Gasteiger partial charge in [0.25, 0.3) is 5.91 Å². The van der Waals surface area contributed by atoms with E-state index < -0.39 is 5.91 Å². The minimum Gasteiger partial charge on any atom is -0.288 e. The monoisotopic (exact) mass is 283 g/mol. The molecule has 1 aromatic carbocycles. The van der Waals surface area contributed by atoms with Gasteiger partial charge in [-0.25, -0.2) is 15.2 Å². The van der Waals surface area contributed by atoms with Crippen molar-refractivity contribution in [1.82, 2.24) is 10.4 Å². The van der Waals surface area contributed by atoms with E-state index in [0.29, 0.717) is 15.7 Å². The molecule has 0 unspecified atom stereocenters.